The van der Waals surface area contributed by atoms with E-state index < -0.39 is 10.0 Å². The van der Waals surface area contributed by atoms with Crippen molar-refractivity contribution in [3.8, 4) is 0 Å². The Morgan fingerprint density at radius 1 is 1.15 bits per heavy atom. The number of sulfonamides is 1. The van der Waals surface area contributed by atoms with Crippen molar-refractivity contribution in [2.45, 2.75) is 44.6 Å². The number of hydrogen-bond donors (Lipinski definition) is 1. The maximum atomic E-state index is 12.6. The fraction of sp³-hybridized carbons (Fsp3) is 0.444. The number of nitrogens with one attached hydrogen (secondary N) is 1. The summed E-state index contributed by atoms with van der Waals surface area (Å²) >= 11 is 1.41. The van der Waals surface area contributed by atoms with Crippen molar-refractivity contribution in [1.29, 1.82) is 0 Å². The lowest BCUT2D eigenvalue weighted by Gasteiger charge is -2.32. The zero-order valence-corrected chi connectivity index (χ0v) is 16.8. The maximum absolute atomic E-state index is 12.6. The van der Waals surface area contributed by atoms with Gasteiger partial charge in [0.25, 0.3) is 5.91 Å². The van der Waals surface area contributed by atoms with Crippen molar-refractivity contribution in [2.75, 3.05) is 13.1 Å². The van der Waals surface area contributed by atoms with Crippen LogP contribution >= 0.6 is 11.3 Å². The monoisotopic (exact) mass is 393 g/mol. The summed E-state index contributed by atoms with van der Waals surface area (Å²) < 4.78 is 27.8. The van der Waals surface area contributed by atoms with Crippen molar-refractivity contribution >= 4 is 27.3 Å². The highest BCUT2D eigenvalue weighted by molar-refractivity contribution is 7.89. The molecule has 0 bridgehead atoms. The fourth-order valence-electron chi connectivity index (χ4n) is 3.08. The van der Waals surface area contributed by atoms with Crippen LogP contribution in [0.15, 0.2) is 29.2 Å². The van der Waals surface area contributed by atoms with Gasteiger partial charge in [-0.25, -0.2) is 18.1 Å². The van der Waals surface area contributed by atoms with Crippen LogP contribution in [0.3, 0.4) is 0 Å². The largest absolute Gasteiger partial charge is 0.338 e. The van der Waals surface area contributed by atoms with E-state index in [0.717, 1.165) is 16.3 Å². The number of hydrogen-bond acceptors (Lipinski definition) is 5. The Morgan fingerprint density at radius 2 is 1.77 bits per heavy atom. The number of carbonyl (C=O) groups is 1. The van der Waals surface area contributed by atoms with Gasteiger partial charge < -0.3 is 4.90 Å². The lowest BCUT2D eigenvalue weighted by atomic mass is 10.1. The molecule has 1 aromatic heterocycles. The van der Waals surface area contributed by atoms with Crippen LogP contribution in [0.1, 0.15) is 38.8 Å². The molecule has 2 heterocycles. The summed E-state index contributed by atoms with van der Waals surface area (Å²) in [5.41, 5.74) is 1.78. The van der Waals surface area contributed by atoms with Crippen LogP contribution in [0.5, 0.6) is 0 Å². The Hall–Kier alpha value is -1.77. The molecule has 6 nitrogen and oxygen atoms in total. The van der Waals surface area contributed by atoms with Crippen LogP contribution in [0.2, 0.25) is 0 Å². The molecule has 0 spiro atoms. The molecule has 0 unspecified atom stereocenters. The molecule has 1 saturated heterocycles. The van der Waals surface area contributed by atoms with E-state index in [4.69, 9.17) is 0 Å². The standard InChI is InChI=1S/C18H23N3O3S2/c1-12-4-6-16(7-5-12)26(23,24)20-15-8-10-21(11-9-15)18(22)17-13(2)19-14(3)25-17/h4-7,15,20H,8-11H2,1-3H3. The molecule has 1 aliphatic rings. The van der Waals surface area contributed by atoms with E-state index in [0.29, 0.717) is 30.8 Å². The van der Waals surface area contributed by atoms with Crippen molar-refractivity contribution in [1.82, 2.24) is 14.6 Å². The van der Waals surface area contributed by atoms with Crippen LogP contribution in [0.4, 0.5) is 0 Å². The lowest BCUT2D eigenvalue weighted by Crippen LogP contribution is -2.46. The molecule has 1 N–H and O–H groups in total. The minimum absolute atomic E-state index is 0.00654. The second kappa shape index (κ2) is 7.46. The van der Waals surface area contributed by atoms with Crippen molar-refractivity contribution in [3.05, 3.63) is 45.4 Å². The van der Waals surface area contributed by atoms with Gasteiger partial charge in [-0.1, -0.05) is 17.7 Å². The van der Waals surface area contributed by atoms with Gasteiger partial charge in [-0.3, -0.25) is 4.79 Å². The third kappa shape index (κ3) is 4.13. The van der Waals surface area contributed by atoms with E-state index in [9.17, 15) is 13.2 Å². The Kier molecular flexibility index (Phi) is 5.45. The number of nitrogens with zero attached hydrogens (tertiary/aromatic N) is 2. The number of amides is 1. The number of aromatic nitrogens is 1. The van der Waals surface area contributed by atoms with E-state index in [1.165, 1.54) is 11.3 Å². The molecular formula is C18H23N3O3S2. The first-order valence-corrected chi connectivity index (χ1v) is 10.9. The molecule has 0 aliphatic carbocycles. The van der Waals surface area contributed by atoms with Gasteiger partial charge >= 0.3 is 0 Å². The number of carbonyl (C=O) groups excluding carboxylic acids is 1. The third-order valence-electron chi connectivity index (χ3n) is 4.53. The number of rotatable bonds is 4. The topological polar surface area (TPSA) is 79.4 Å². The zero-order valence-electron chi connectivity index (χ0n) is 15.2. The number of aryl methyl sites for hydroxylation is 3. The van der Waals surface area contributed by atoms with Gasteiger partial charge in [-0.15, -0.1) is 11.3 Å². The highest BCUT2D eigenvalue weighted by Gasteiger charge is 2.28. The van der Waals surface area contributed by atoms with Gasteiger partial charge in [-0.2, -0.15) is 0 Å². The number of benzene rings is 1. The summed E-state index contributed by atoms with van der Waals surface area (Å²) in [6.07, 6.45) is 1.21. The molecule has 1 amide bonds. The molecule has 0 saturated carbocycles. The van der Waals surface area contributed by atoms with Crippen molar-refractivity contribution < 1.29 is 13.2 Å². The van der Waals surface area contributed by atoms with Crippen LogP contribution in [0, 0.1) is 20.8 Å². The molecule has 0 atom stereocenters. The minimum atomic E-state index is -3.53. The van der Waals surface area contributed by atoms with Crippen molar-refractivity contribution in [3.63, 3.8) is 0 Å². The molecule has 2 aromatic rings. The van der Waals surface area contributed by atoms with E-state index in [-0.39, 0.29) is 16.8 Å². The van der Waals surface area contributed by atoms with Crippen LogP contribution < -0.4 is 4.72 Å². The molecule has 26 heavy (non-hydrogen) atoms. The number of likely N-dealkylation sites (tertiary alicyclic amines) is 1. The summed E-state index contributed by atoms with van der Waals surface area (Å²) in [5, 5.41) is 0.881. The van der Waals surface area contributed by atoms with Gasteiger partial charge in [0, 0.05) is 19.1 Å². The van der Waals surface area contributed by atoms with E-state index in [1.54, 1.807) is 29.2 Å². The molecule has 0 radical (unpaired) electrons. The highest BCUT2D eigenvalue weighted by atomic mass is 32.2. The van der Waals surface area contributed by atoms with E-state index in [2.05, 4.69) is 9.71 Å². The average Bonchev–Trinajstić information content (AvgIpc) is 2.93. The number of thiazole rings is 1. The second-order valence-electron chi connectivity index (χ2n) is 6.65. The molecule has 8 heteroatoms. The first kappa shape index (κ1) is 19.0. The van der Waals surface area contributed by atoms with Crippen molar-refractivity contribution in [2.24, 2.45) is 0 Å². The molecule has 1 aromatic carbocycles. The van der Waals surface area contributed by atoms with Crippen LogP contribution in [-0.2, 0) is 10.0 Å². The Labute approximate surface area is 158 Å². The SMILES string of the molecule is Cc1ccc(S(=O)(=O)NC2CCN(C(=O)c3sc(C)nc3C)CC2)cc1. The van der Waals surface area contributed by atoms with Gasteiger partial charge in [0.2, 0.25) is 10.0 Å². The summed E-state index contributed by atoms with van der Waals surface area (Å²) in [7, 11) is -3.53. The minimum Gasteiger partial charge on any atom is -0.338 e. The van der Waals surface area contributed by atoms with Crippen LogP contribution in [0.25, 0.3) is 0 Å². The van der Waals surface area contributed by atoms with E-state index >= 15 is 0 Å². The quantitative estimate of drug-likeness (QED) is 0.866. The fourth-order valence-corrected chi connectivity index (χ4v) is 5.27. The summed E-state index contributed by atoms with van der Waals surface area (Å²) in [5.74, 6) is -0.00654. The Balaban J connectivity index is 1.61. The zero-order chi connectivity index (χ0) is 18.9. The first-order chi connectivity index (χ1) is 12.3. The van der Waals surface area contributed by atoms with Gasteiger partial charge in [0.1, 0.15) is 4.88 Å². The molecule has 140 valence electrons. The lowest BCUT2D eigenvalue weighted by molar-refractivity contribution is 0.0715. The smallest absolute Gasteiger partial charge is 0.265 e. The Bertz CT molecular complexity index is 896. The predicted molar refractivity (Wildman–Crippen MR) is 102 cm³/mol. The first-order valence-electron chi connectivity index (χ1n) is 8.58. The summed E-state index contributed by atoms with van der Waals surface area (Å²) in [6.45, 7) is 6.73. The second-order valence-corrected chi connectivity index (χ2v) is 9.57. The predicted octanol–water partition coefficient (Wildman–Crippen LogP) is 2.65. The normalized spacial score (nSPS) is 16.0. The maximum Gasteiger partial charge on any atom is 0.265 e. The molecule has 1 aliphatic heterocycles. The number of piperidine rings is 1. The third-order valence-corrected chi connectivity index (χ3v) is 7.13. The Morgan fingerprint density at radius 3 is 2.31 bits per heavy atom. The van der Waals surface area contributed by atoms with Gasteiger partial charge in [0.05, 0.1) is 15.6 Å². The summed E-state index contributed by atoms with van der Waals surface area (Å²) in [6, 6.07) is 6.65. The molecule has 3 rings (SSSR count). The van der Waals surface area contributed by atoms with Gasteiger partial charge in [-0.05, 0) is 45.7 Å². The van der Waals surface area contributed by atoms with E-state index in [1.807, 2.05) is 20.8 Å². The molecular weight excluding hydrogens is 370 g/mol. The highest BCUT2D eigenvalue weighted by Crippen LogP contribution is 2.22. The van der Waals surface area contributed by atoms with Crippen LogP contribution in [-0.4, -0.2) is 43.3 Å². The van der Waals surface area contributed by atoms with Gasteiger partial charge in [0.15, 0.2) is 0 Å². The summed E-state index contributed by atoms with van der Waals surface area (Å²) in [4.78, 5) is 19.7. The molecule has 1 fully saturated rings. The average molecular weight is 394 g/mol.